The summed E-state index contributed by atoms with van der Waals surface area (Å²) in [6.07, 6.45) is 5.13. The summed E-state index contributed by atoms with van der Waals surface area (Å²) in [5.41, 5.74) is 3.79. The lowest BCUT2D eigenvalue weighted by Crippen LogP contribution is -2.40. The van der Waals surface area contributed by atoms with E-state index in [-0.39, 0.29) is 29.2 Å². The molecule has 3 aromatic carbocycles. The maximum atomic E-state index is 14.4. The molecule has 0 N–H and O–H groups in total. The fourth-order valence-corrected chi connectivity index (χ4v) is 6.69. The zero-order valence-corrected chi connectivity index (χ0v) is 28.7. The summed E-state index contributed by atoms with van der Waals surface area (Å²) < 4.78 is 25.6. The number of hydrogen-bond donors (Lipinski definition) is 0. The van der Waals surface area contributed by atoms with Crippen molar-refractivity contribution in [2.75, 3.05) is 20.3 Å². The molecule has 12 heteroatoms. The van der Waals surface area contributed by atoms with Gasteiger partial charge in [0.15, 0.2) is 16.3 Å². The van der Waals surface area contributed by atoms with Gasteiger partial charge in [0.25, 0.3) is 5.56 Å². The zero-order valence-electron chi connectivity index (χ0n) is 27.9. The van der Waals surface area contributed by atoms with Crippen molar-refractivity contribution in [3.63, 3.8) is 0 Å². The third-order valence-electron chi connectivity index (χ3n) is 7.82. The van der Waals surface area contributed by atoms with Gasteiger partial charge in [0.1, 0.15) is 18.1 Å². The van der Waals surface area contributed by atoms with Crippen LogP contribution in [0.2, 0.25) is 0 Å². The second-order valence-electron chi connectivity index (χ2n) is 11.1. The molecule has 5 aromatic rings. The van der Waals surface area contributed by atoms with Crippen molar-refractivity contribution in [1.29, 1.82) is 0 Å². The maximum absolute atomic E-state index is 14.4. The van der Waals surface area contributed by atoms with E-state index in [0.717, 1.165) is 17.0 Å². The van der Waals surface area contributed by atoms with Gasteiger partial charge in [0.05, 0.1) is 41.2 Å². The van der Waals surface area contributed by atoms with E-state index in [1.807, 2.05) is 67.7 Å². The van der Waals surface area contributed by atoms with Crippen LogP contribution < -0.4 is 29.1 Å². The number of ether oxygens (including phenoxy) is 4. The normalized spacial score (nSPS) is 14.1. The first kappa shape index (κ1) is 33.9. The standard InChI is InChI=1S/C38H34N4O7S/c1-6-19-48-37(45)33-23(3)39-38-42(35(33)26-15-18-30(49-24(4)43)31(20-26)46-5)36(44)32(50-38)21-27-22-41(28-11-9-8-10-12-28)40-34(27)25-13-16-29(17-14-25)47-7-2/h6,8-18,20-22,35H,1,7,19H2,2-5H3/b32-21-/t35-/m1/s1. The van der Waals surface area contributed by atoms with Gasteiger partial charge >= 0.3 is 11.9 Å². The molecule has 6 rings (SSSR count). The van der Waals surface area contributed by atoms with Crippen LogP contribution in [-0.2, 0) is 14.3 Å². The molecule has 0 amide bonds. The van der Waals surface area contributed by atoms with Crippen LogP contribution in [0.4, 0.5) is 0 Å². The predicted octanol–water partition coefficient (Wildman–Crippen LogP) is 5.15. The van der Waals surface area contributed by atoms with Gasteiger partial charge < -0.3 is 18.9 Å². The molecule has 1 atom stereocenters. The number of carbonyl (C=O) groups excluding carboxylic acids is 2. The summed E-state index contributed by atoms with van der Waals surface area (Å²) in [4.78, 5) is 44.8. The summed E-state index contributed by atoms with van der Waals surface area (Å²) in [7, 11) is 1.44. The van der Waals surface area contributed by atoms with Crippen molar-refractivity contribution in [2.45, 2.75) is 26.8 Å². The first-order chi connectivity index (χ1) is 24.2. The molecule has 0 aliphatic carbocycles. The first-order valence-electron chi connectivity index (χ1n) is 15.8. The monoisotopic (exact) mass is 690 g/mol. The molecule has 0 saturated heterocycles. The van der Waals surface area contributed by atoms with Crippen LogP contribution in [-0.4, -0.2) is 46.6 Å². The van der Waals surface area contributed by atoms with E-state index in [4.69, 9.17) is 29.0 Å². The number of esters is 2. The molecule has 0 bridgehead atoms. The van der Waals surface area contributed by atoms with Crippen molar-refractivity contribution in [2.24, 2.45) is 4.99 Å². The number of para-hydroxylation sites is 1. The highest BCUT2D eigenvalue weighted by atomic mass is 32.1. The van der Waals surface area contributed by atoms with Gasteiger partial charge in [-0.15, -0.1) is 0 Å². The third kappa shape index (κ3) is 6.78. The molecule has 11 nitrogen and oxygen atoms in total. The quantitative estimate of drug-likeness (QED) is 0.106. The fourth-order valence-electron chi connectivity index (χ4n) is 5.65. The minimum atomic E-state index is -0.927. The number of allylic oxidation sites excluding steroid dienone is 1. The van der Waals surface area contributed by atoms with E-state index in [0.29, 0.717) is 38.5 Å². The lowest BCUT2D eigenvalue weighted by Gasteiger charge is -2.25. The Hall–Kier alpha value is -6.01. The minimum absolute atomic E-state index is 0.0266. The summed E-state index contributed by atoms with van der Waals surface area (Å²) in [6, 6.07) is 21.3. The van der Waals surface area contributed by atoms with Crippen LogP contribution in [0.3, 0.4) is 0 Å². The van der Waals surface area contributed by atoms with E-state index in [2.05, 4.69) is 6.58 Å². The first-order valence-corrected chi connectivity index (χ1v) is 16.6. The van der Waals surface area contributed by atoms with Crippen LogP contribution in [0.5, 0.6) is 17.2 Å². The molecular formula is C38H34N4O7S. The molecule has 3 heterocycles. The highest BCUT2D eigenvalue weighted by Crippen LogP contribution is 2.36. The summed E-state index contributed by atoms with van der Waals surface area (Å²) >= 11 is 1.20. The average molecular weight is 691 g/mol. The van der Waals surface area contributed by atoms with Gasteiger partial charge in [0, 0.05) is 24.2 Å². The molecule has 1 aliphatic heterocycles. The number of carbonyl (C=O) groups is 2. The summed E-state index contributed by atoms with van der Waals surface area (Å²) in [5, 5.41) is 4.91. The highest BCUT2D eigenvalue weighted by molar-refractivity contribution is 7.07. The number of aromatic nitrogens is 3. The van der Waals surface area contributed by atoms with E-state index in [9.17, 15) is 14.4 Å². The Balaban J connectivity index is 1.54. The highest BCUT2D eigenvalue weighted by Gasteiger charge is 2.34. The van der Waals surface area contributed by atoms with E-state index >= 15 is 0 Å². The van der Waals surface area contributed by atoms with Crippen molar-refractivity contribution in [3.8, 4) is 34.2 Å². The Labute approximate surface area is 291 Å². The number of thiazole rings is 1. The Morgan fingerprint density at radius 1 is 1.04 bits per heavy atom. The second kappa shape index (κ2) is 14.6. The molecule has 0 fully saturated rings. The molecule has 2 aromatic heterocycles. The van der Waals surface area contributed by atoms with Crippen LogP contribution in [0, 0.1) is 0 Å². The van der Waals surface area contributed by atoms with Crippen molar-refractivity contribution in [1.82, 2.24) is 14.3 Å². The van der Waals surface area contributed by atoms with Crippen LogP contribution >= 0.6 is 11.3 Å². The van der Waals surface area contributed by atoms with Crippen LogP contribution in [0.15, 0.2) is 113 Å². The molecule has 0 spiro atoms. The topological polar surface area (TPSA) is 123 Å². The molecule has 254 valence electrons. The average Bonchev–Trinajstić information content (AvgIpc) is 3.67. The largest absolute Gasteiger partial charge is 0.494 e. The minimum Gasteiger partial charge on any atom is -0.494 e. The van der Waals surface area contributed by atoms with Crippen molar-refractivity contribution >= 4 is 29.4 Å². The number of rotatable bonds is 11. The second-order valence-corrected chi connectivity index (χ2v) is 12.2. The van der Waals surface area contributed by atoms with Gasteiger partial charge in [0.2, 0.25) is 0 Å². The molecule has 0 radical (unpaired) electrons. The van der Waals surface area contributed by atoms with Gasteiger partial charge in [-0.2, -0.15) is 5.10 Å². The van der Waals surface area contributed by atoms with Crippen LogP contribution in [0.1, 0.15) is 37.9 Å². The summed E-state index contributed by atoms with van der Waals surface area (Å²) in [5.74, 6) is 0.0273. The zero-order chi connectivity index (χ0) is 35.4. The number of benzene rings is 3. The number of nitrogens with zero attached hydrogens (tertiary/aromatic N) is 4. The van der Waals surface area contributed by atoms with Crippen molar-refractivity contribution in [3.05, 3.63) is 134 Å². The molecular weight excluding hydrogens is 657 g/mol. The molecule has 50 heavy (non-hydrogen) atoms. The molecule has 0 saturated carbocycles. The number of fused-ring (bicyclic) bond motifs is 1. The van der Waals surface area contributed by atoms with Gasteiger partial charge in [-0.1, -0.05) is 48.3 Å². The number of hydrogen-bond acceptors (Lipinski definition) is 10. The SMILES string of the molecule is C=CCOC(=O)C1=C(C)N=c2s/c(=C\c3cn(-c4ccccc4)nc3-c3ccc(OCC)cc3)c(=O)n2[C@@H]1c1ccc(OC(C)=O)c(OC)c1. The Morgan fingerprint density at radius 3 is 2.48 bits per heavy atom. The Bertz CT molecular complexity index is 2300. The lowest BCUT2D eigenvalue weighted by molar-refractivity contribution is -0.138. The van der Waals surface area contributed by atoms with Gasteiger partial charge in [-0.25, -0.2) is 14.5 Å². The van der Waals surface area contributed by atoms with E-state index < -0.39 is 18.0 Å². The predicted molar refractivity (Wildman–Crippen MR) is 189 cm³/mol. The Morgan fingerprint density at radius 2 is 1.80 bits per heavy atom. The Kier molecular flexibility index (Phi) is 9.91. The summed E-state index contributed by atoms with van der Waals surface area (Å²) in [6.45, 7) is 9.08. The van der Waals surface area contributed by atoms with Crippen LogP contribution in [0.25, 0.3) is 23.0 Å². The lowest BCUT2D eigenvalue weighted by atomic mass is 9.95. The third-order valence-corrected chi connectivity index (χ3v) is 8.80. The molecule has 0 unspecified atom stereocenters. The fraction of sp³-hybridized carbons (Fsp3) is 0.184. The van der Waals surface area contributed by atoms with E-state index in [1.54, 1.807) is 35.9 Å². The van der Waals surface area contributed by atoms with Gasteiger partial charge in [-0.3, -0.25) is 14.2 Å². The molecule has 1 aliphatic rings. The van der Waals surface area contributed by atoms with E-state index in [1.165, 1.54) is 36.0 Å². The van der Waals surface area contributed by atoms with Gasteiger partial charge in [-0.05, 0) is 74.0 Å². The number of methoxy groups -OCH3 is 1. The maximum Gasteiger partial charge on any atom is 0.338 e. The smallest absolute Gasteiger partial charge is 0.338 e. The van der Waals surface area contributed by atoms with Crippen molar-refractivity contribution < 1.29 is 28.5 Å².